The van der Waals surface area contributed by atoms with Crippen molar-refractivity contribution in [3.63, 3.8) is 0 Å². The maximum atomic E-state index is 12.0. The van der Waals surface area contributed by atoms with Crippen LogP contribution in [0.3, 0.4) is 0 Å². The molecule has 0 spiro atoms. The van der Waals surface area contributed by atoms with E-state index in [2.05, 4.69) is 36.4 Å². The average Bonchev–Trinajstić information content (AvgIpc) is 3.32. The molecule has 2 aliphatic heterocycles. The second-order valence-electron chi connectivity index (χ2n) is 9.01. The fourth-order valence-electron chi connectivity index (χ4n) is 4.58. The number of carbonyl (C=O) groups is 1. The summed E-state index contributed by atoms with van der Waals surface area (Å²) >= 11 is 0. The van der Waals surface area contributed by atoms with E-state index in [4.69, 9.17) is 0 Å². The van der Waals surface area contributed by atoms with Gasteiger partial charge in [0.05, 0.1) is 6.54 Å². The van der Waals surface area contributed by atoms with Crippen molar-refractivity contribution >= 4 is 5.91 Å². The quantitative estimate of drug-likeness (QED) is 0.256. The Hall–Kier alpha value is -0.800. The Morgan fingerprint density at radius 3 is 1.72 bits per heavy atom. The smallest absolute Gasteiger partial charge is 0.226 e. The van der Waals surface area contributed by atoms with Gasteiger partial charge in [-0.25, -0.2) is 0 Å². The highest BCUT2D eigenvalue weighted by Gasteiger charge is 2.31. The molecule has 0 atom stereocenters. The number of rotatable bonds is 17. The maximum absolute atomic E-state index is 12.0. The highest BCUT2D eigenvalue weighted by Crippen LogP contribution is 2.22. The van der Waals surface area contributed by atoms with Crippen LogP contribution in [0.1, 0.15) is 110 Å². The number of carbonyl (C=O) groups excluding carboxylic acids is 1. The second-order valence-corrected chi connectivity index (χ2v) is 9.01. The Kier molecular flexibility index (Phi) is 14.4. The zero-order valence-electron chi connectivity index (χ0n) is 18.9. The van der Waals surface area contributed by atoms with Crippen LogP contribution in [0.15, 0.2) is 24.6 Å². The number of hydrogen-bond donors (Lipinski definition) is 0. The molecule has 0 radical (unpaired) electrons. The zero-order chi connectivity index (χ0) is 19.9. The minimum Gasteiger partial charge on any atom is -1.00 e. The Balaban J connectivity index is 0.00000420. The summed E-state index contributed by atoms with van der Waals surface area (Å²) in [4.78, 5) is 14.0. The lowest BCUT2D eigenvalue weighted by molar-refractivity contribution is -0.835. The van der Waals surface area contributed by atoms with Crippen molar-refractivity contribution in [2.24, 2.45) is 0 Å². The highest BCUT2D eigenvalue weighted by molar-refractivity contribution is 5.77. The first-order valence-electron chi connectivity index (χ1n) is 12.3. The minimum atomic E-state index is 0. The lowest BCUT2D eigenvalue weighted by Crippen LogP contribution is -3.00. The number of quaternary nitrogens is 1. The summed E-state index contributed by atoms with van der Waals surface area (Å²) in [5, 5.41) is 0. The van der Waals surface area contributed by atoms with Crippen LogP contribution in [0, 0.1) is 0 Å². The van der Waals surface area contributed by atoms with E-state index >= 15 is 0 Å². The van der Waals surface area contributed by atoms with Crippen LogP contribution in [0.25, 0.3) is 0 Å². The molecule has 1 amide bonds. The summed E-state index contributed by atoms with van der Waals surface area (Å²) in [5.74, 6) is 0.340. The maximum Gasteiger partial charge on any atom is 0.226 e. The Bertz CT molecular complexity index is 477. The van der Waals surface area contributed by atoms with Crippen molar-refractivity contribution in [2.75, 3.05) is 19.8 Å². The molecule has 2 rings (SSSR count). The summed E-state index contributed by atoms with van der Waals surface area (Å²) in [6.45, 7) is 5.20. The molecule has 0 aliphatic carbocycles. The van der Waals surface area contributed by atoms with E-state index in [1.807, 2.05) is 0 Å². The van der Waals surface area contributed by atoms with Gasteiger partial charge in [-0.1, -0.05) is 84.0 Å². The molecule has 1 fully saturated rings. The standard InChI is InChI=1S/C25H45N2O.ClH/c1-2-3-4-5-6-7-8-9-10-11-12-13-14-15-21-27(22-16-17-23-27)24-26-20-18-19-25(26)28;/h16-17,22-23H,2-15,18-21,24H2,1H3;1H/q+1;/p-1. The van der Waals surface area contributed by atoms with Crippen LogP contribution in [-0.4, -0.2) is 35.0 Å². The third kappa shape index (κ3) is 10.7. The summed E-state index contributed by atoms with van der Waals surface area (Å²) in [7, 11) is 0. The van der Waals surface area contributed by atoms with Gasteiger partial charge in [-0.05, 0) is 31.4 Å². The van der Waals surface area contributed by atoms with Crippen LogP contribution < -0.4 is 12.4 Å². The van der Waals surface area contributed by atoms with Gasteiger partial charge in [0.15, 0.2) is 6.67 Å². The molecule has 0 saturated carbocycles. The molecule has 0 N–H and O–H groups in total. The van der Waals surface area contributed by atoms with E-state index < -0.39 is 0 Å². The van der Waals surface area contributed by atoms with E-state index in [0.29, 0.717) is 5.91 Å². The van der Waals surface area contributed by atoms with Crippen molar-refractivity contribution in [1.29, 1.82) is 0 Å². The number of halogens is 1. The van der Waals surface area contributed by atoms with Gasteiger partial charge in [0.2, 0.25) is 5.91 Å². The Labute approximate surface area is 186 Å². The van der Waals surface area contributed by atoms with Gasteiger partial charge in [0.1, 0.15) is 12.4 Å². The zero-order valence-corrected chi connectivity index (χ0v) is 19.7. The SMILES string of the molecule is CCCCCCCCCCCCCCCC[N+]1(CN2CCCC2=O)C=CC=C1.[Cl-]. The minimum absolute atomic E-state index is 0. The number of amides is 1. The summed E-state index contributed by atoms with van der Waals surface area (Å²) in [6, 6.07) is 0. The summed E-state index contributed by atoms with van der Waals surface area (Å²) < 4.78 is 0.851. The highest BCUT2D eigenvalue weighted by atomic mass is 35.5. The van der Waals surface area contributed by atoms with Crippen LogP contribution in [0.2, 0.25) is 0 Å². The normalized spacial score (nSPS) is 17.3. The molecule has 0 unspecified atom stereocenters. The number of allylic oxidation sites excluding steroid dienone is 2. The van der Waals surface area contributed by atoms with Crippen LogP contribution in [0.5, 0.6) is 0 Å². The molecule has 0 aromatic rings. The first kappa shape index (κ1) is 26.2. The molecule has 2 heterocycles. The number of hydrogen-bond acceptors (Lipinski definition) is 1. The first-order valence-corrected chi connectivity index (χ1v) is 12.3. The average molecular weight is 425 g/mol. The fourth-order valence-corrected chi connectivity index (χ4v) is 4.58. The van der Waals surface area contributed by atoms with Gasteiger partial charge in [0.25, 0.3) is 0 Å². The molecule has 2 aliphatic rings. The largest absolute Gasteiger partial charge is 1.00 e. The van der Waals surface area contributed by atoms with E-state index in [0.717, 1.165) is 37.1 Å². The predicted octanol–water partition coefficient (Wildman–Crippen LogP) is 3.91. The monoisotopic (exact) mass is 424 g/mol. The van der Waals surface area contributed by atoms with Crippen molar-refractivity contribution in [3.8, 4) is 0 Å². The molecule has 29 heavy (non-hydrogen) atoms. The van der Waals surface area contributed by atoms with Gasteiger partial charge < -0.3 is 12.4 Å². The summed E-state index contributed by atoms with van der Waals surface area (Å²) in [6.07, 6.45) is 30.2. The van der Waals surface area contributed by atoms with Crippen LogP contribution in [-0.2, 0) is 4.79 Å². The van der Waals surface area contributed by atoms with Crippen molar-refractivity contribution in [2.45, 2.75) is 110 Å². The molecule has 0 aromatic carbocycles. The lowest BCUT2D eigenvalue weighted by atomic mass is 10.0. The van der Waals surface area contributed by atoms with Gasteiger partial charge in [-0.15, -0.1) is 0 Å². The van der Waals surface area contributed by atoms with Gasteiger partial charge in [0, 0.05) is 13.0 Å². The predicted molar refractivity (Wildman–Crippen MR) is 120 cm³/mol. The van der Waals surface area contributed by atoms with E-state index in [1.165, 1.54) is 89.9 Å². The molecule has 4 heteroatoms. The molecule has 168 valence electrons. The van der Waals surface area contributed by atoms with Crippen molar-refractivity contribution < 1.29 is 21.7 Å². The lowest BCUT2D eigenvalue weighted by Gasteiger charge is -2.33. The summed E-state index contributed by atoms with van der Waals surface area (Å²) in [5.41, 5.74) is 0. The third-order valence-electron chi connectivity index (χ3n) is 6.41. The fraction of sp³-hybridized carbons (Fsp3) is 0.800. The number of unbranched alkanes of at least 4 members (excludes halogenated alkanes) is 13. The van der Waals surface area contributed by atoms with Crippen molar-refractivity contribution in [1.82, 2.24) is 4.90 Å². The van der Waals surface area contributed by atoms with Gasteiger partial charge >= 0.3 is 0 Å². The topological polar surface area (TPSA) is 20.3 Å². The van der Waals surface area contributed by atoms with Gasteiger partial charge in [-0.2, -0.15) is 0 Å². The Morgan fingerprint density at radius 1 is 0.793 bits per heavy atom. The van der Waals surface area contributed by atoms with E-state index in [1.54, 1.807) is 0 Å². The second kappa shape index (κ2) is 16.0. The number of likely N-dealkylation sites (tertiary alicyclic amines) is 1. The van der Waals surface area contributed by atoms with Crippen LogP contribution in [0.4, 0.5) is 0 Å². The molecule has 1 saturated heterocycles. The first-order chi connectivity index (χ1) is 13.8. The van der Waals surface area contributed by atoms with Gasteiger partial charge in [-0.3, -0.25) is 14.2 Å². The molecular weight excluding hydrogens is 380 g/mol. The van der Waals surface area contributed by atoms with E-state index in [9.17, 15) is 4.79 Å². The Morgan fingerprint density at radius 2 is 1.28 bits per heavy atom. The molecule has 3 nitrogen and oxygen atoms in total. The third-order valence-corrected chi connectivity index (χ3v) is 6.41. The van der Waals surface area contributed by atoms with E-state index in [-0.39, 0.29) is 12.4 Å². The number of nitrogens with zero attached hydrogens (tertiary/aromatic N) is 2. The van der Waals surface area contributed by atoms with Crippen LogP contribution >= 0.6 is 0 Å². The molecule has 0 bridgehead atoms. The van der Waals surface area contributed by atoms with Crippen molar-refractivity contribution in [3.05, 3.63) is 24.6 Å². The molecular formula is C25H45ClN2O. The molecule has 0 aromatic heterocycles.